The maximum atomic E-state index is 12.3. The number of hydrogen-bond acceptors (Lipinski definition) is 5. The van der Waals surface area contributed by atoms with Gasteiger partial charge >= 0.3 is 0 Å². The molecule has 0 bridgehead atoms. The zero-order valence-electron chi connectivity index (χ0n) is 15.3. The van der Waals surface area contributed by atoms with Gasteiger partial charge in [0.2, 0.25) is 5.91 Å². The fraction of sp³-hybridized carbons (Fsp3) is 0.632. The van der Waals surface area contributed by atoms with Crippen LogP contribution in [0.1, 0.15) is 50.3 Å². The molecule has 1 saturated heterocycles. The number of amides is 1. The van der Waals surface area contributed by atoms with Crippen LogP contribution in [-0.4, -0.2) is 53.2 Å². The van der Waals surface area contributed by atoms with Crippen molar-refractivity contribution in [2.24, 2.45) is 5.92 Å². The van der Waals surface area contributed by atoms with E-state index in [1.807, 2.05) is 11.0 Å². The number of carbonyl (C=O) groups excluding carboxylic acids is 1. The Morgan fingerprint density at radius 3 is 2.77 bits per heavy atom. The highest BCUT2D eigenvalue weighted by molar-refractivity contribution is 9.10. The van der Waals surface area contributed by atoms with Crippen LogP contribution in [0.15, 0.2) is 10.5 Å². The van der Waals surface area contributed by atoms with Crippen LogP contribution in [0, 0.1) is 17.2 Å². The molecule has 0 aromatic carbocycles. The third kappa shape index (κ3) is 3.86. The van der Waals surface area contributed by atoms with E-state index in [-0.39, 0.29) is 30.9 Å². The molecule has 0 unspecified atom stereocenters. The second-order valence-corrected chi connectivity index (χ2v) is 8.29. The molecule has 2 fully saturated rings. The van der Waals surface area contributed by atoms with Gasteiger partial charge in [-0.1, -0.05) is 13.8 Å². The Morgan fingerprint density at radius 2 is 2.19 bits per heavy atom. The molecule has 0 spiro atoms. The molecule has 1 aromatic rings. The van der Waals surface area contributed by atoms with E-state index in [0.29, 0.717) is 31.1 Å². The van der Waals surface area contributed by atoms with Gasteiger partial charge in [0.1, 0.15) is 11.9 Å². The number of halogens is 1. The molecular weight excluding hydrogens is 396 g/mol. The molecule has 0 radical (unpaired) electrons. The summed E-state index contributed by atoms with van der Waals surface area (Å²) < 4.78 is 0.914. The van der Waals surface area contributed by atoms with Crippen molar-refractivity contribution >= 4 is 27.7 Å². The van der Waals surface area contributed by atoms with Crippen LogP contribution in [0.25, 0.3) is 0 Å². The van der Waals surface area contributed by atoms with Crippen molar-refractivity contribution in [1.29, 1.82) is 5.26 Å². The van der Waals surface area contributed by atoms with Crippen molar-refractivity contribution in [2.75, 3.05) is 31.1 Å². The van der Waals surface area contributed by atoms with Gasteiger partial charge in [-0.15, -0.1) is 0 Å². The lowest BCUT2D eigenvalue weighted by Crippen LogP contribution is -2.57. The van der Waals surface area contributed by atoms with Gasteiger partial charge < -0.3 is 14.9 Å². The number of piperazine rings is 1. The molecule has 1 aliphatic heterocycles. The Morgan fingerprint density at radius 1 is 1.46 bits per heavy atom. The second-order valence-electron chi connectivity index (χ2n) is 7.43. The summed E-state index contributed by atoms with van der Waals surface area (Å²) in [7, 11) is 0. The maximum Gasteiger partial charge on any atom is 0.225 e. The minimum absolute atomic E-state index is 0.00575. The number of aromatic nitrogens is 1. The molecule has 1 amide bonds. The molecule has 2 aliphatic rings. The van der Waals surface area contributed by atoms with Crippen molar-refractivity contribution in [3.63, 3.8) is 0 Å². The molecule has 1 N–H and O–H groups in total. The largest absolute Gasteiger partial charge is 0.396 e. The first-order valence-corrected chi connectivity index (χ1v) is 10.0. The van der Waals surface area contributed by atoms with Crippen LogP contribution in [0.5, 0.6) is 0 Å². The summed E-state index contributed by atoms with van der Waals surface area (Å²) in [6.07, 6.45) is 2.46. The zero-order chi connectivity index (χ0) is 18.8. The molecule has 1 saturated carbocycles. The quantitative estimate of drug-likeness (QED) is 0.791. The van der Waals surface area contributed by atoms with Gasteiger partial charge in [-0.05, 0) is 40.8 Å². The number of pyridine rings is 1. The molecule has 26 heavy (non-hydrogen) atoms. The van der Waals surface area contributed by atoms with Crippen molar-refractivity contribution in [2.45, 2.75) is 45.1 Å². The van der Waals surface area contributed by atoms with Crippen molar-refractivity contribution in [3.05, 3.63) is 21.8 Å². The second kappa shape index (κ2) is 7.93. The van der Waals surface area contributed by atoms with Gasteiger partial charge in [-0.2, -0.15) is 5.26 Å². The SMILES string of the molecule is CC(C)[C@@H]1CN(c2nc(C3CC3)c(Br)cc2C#N)CCN1C(=O)CCO. The molecule has 7 heteroatoms. The van der Waals surface area contributed by atoms with Gasteiger partial charge in [-0.3, -0.25) is 4.79 Å². The predicted octanol–water partition coefficient (Wildman–Crippen LogP) is 2.65. The van der Waals surface area contributed by atoms with E-state index in [9.17, 15) is 10.1 Å². The highest BCUT2D eigenvalue weighted by Gasteiger charge is 2.35. The summed E-state index contributed by atoms with van der Waals surface area (Å²) in [5.74, 6) is 1.50. The van der Waals surface area contributed by atoms with Crippen LogP contribution in [0.4, 0.5) is 5.82 Å². The van der Waals surface area contributed by atoms with E-state index in [1.165, 1.54) is 0 Å². The molecular formula is C19H25BrN4O2. The number of carbonyl (C=O) groups is 1. The lowest BCUT2D eigenvalue weighted by molar-refractivity contribution is -0.135. The van der Waals surface area contributed by atoms with Crippen LogP contribution in [0.2, 0.25) is 0 Å². The number of aliphatic hydroxyl groups excluding tert-OH is 1. The highest BCUT2D eigenvalue weighted by atomic mass is 79.9. The summed E-state index contributed by atoms with van der Waals surface area (Å²) >= 11 is 3.56. The number of nitrogens with zero attached hydrogens (tertiary/aromatic N) is 4. The Hall–Kier alpha value is -1.65. The van der Waals surface area contributed by atoms with Crippen molar-refractivity contribution < 1.29 is 9.90 Å². The highest BCUT2D eigenvalue weighted by Crippen LogP contribution is 2.43. The van der Waals surface area contributed by atoms with E-state index >= 15 is 0 Å². The topological polar surface area (TPSA) is 80.5 Å². The summed E-state index contributed by atoms with van der Waals surface area (Å²) in [5.41, 5.74) is 1.61. The summed E-state index contributed by atoms with van der Waals surface area (Å²) in [5, 5.41) is 18.7. The van der Waals surface area contributed by atoms with E-state index in [4.69, 9.17) is 10.1 Å². The van der Waals surface area contributed by atoms with E-state index < -0.39 is 0 Å². The minimum atomic E-state index is -0.124. The maximum absolute atomic E-state index is 12.3. The smallest absolute Gasteiger partial charge is 0.225 e. The minimum Gasteiger partial charge on any atom is -0.396 e. The van der Waals surface area contributed by atoms with Crippen LogP contribution < -0.4 is 4.90 Å². The van der Waals surface area contributed by atoms with Gasteiger partial charge in [0.15, 0.2) is 0 Å². The Labute approximate surface area is 162 Å². The fourth-order valence-electron chi connectivity index (χ4n) is 3.58. The summed E-state index contributed by atoms with van der Waals surface area (Å²) in [4.78, 5) is 21.2. The Kier molecular flexibility index (Phi) is 5.83. The molecule has 1 aliphatic carbocycles. The number of aliphatic hydroxyl groups is 1. The lowest BCUT2D eigenvalue weighted by atomic mass is 9.98. The van der Waals surface area contributed by atoms with E-state index in [1.54, 1.807) is 0 Å². The first-order valence-electron chi connectivity index (χ1n) is 9.22. The lowest BCUT2D eigenvalue weighted by Gasteiger charge is -2.44. The van der Waals surface area contributed by atoms with Crippen molar-refractivity contribution in [1.82, 2.24) is 9.88 Å². The number of hydrogen-bond donors (Lipinski definition) is 1. The van der Waals surface area contributed by atoms with Gasteiger partial charge in [-0.25, -0.2) is 4.98 Å². The van der Waals surface area contributed by atoms with Crippen LogP contribution in [-0.2, 0) is 4.79 Å². The number of nitriles is 1. The molecule has 2 heterocycles. The number of anilines is 1. The average Bonchev–Trinajstić information content (AvgIpc) is 3.46. The van der Waals surface area contributed by atoms with Gasteiger partial charge in [0.25, 0.3) is 0 Å². The van der Waals surface area contributed by atoms with E-state index in [0.717, 1.165) is 28.8 Å². The molecule has 3 rings (SSSR count). The van der Waals surface area contributed by atoms with Crippen LogP contribution in [0.3, 0.4) is 0 Å². The first-order chi connectivity index (χ1) is 12.5. The number of rotatable bonds is 5. The van der Waals surface area contributed by atoms with Crippen molar-refractivity contribution in [3.8, 4) is 6.07 Å². The third-order valence-corrected chi connectivity index (χ3v) is 5.84. The summed E-state index contributed by atoms with van der Waals surface area (Å²) in [6.45, 7) is 5.97. The van der Waals surface area contributed by atoms with Crippen LogP contribution >= 0.6 is 15.9 Å². The average molecular weight is 421 g/mol. The normalized spacial score (nSPS) is 20.4. The molecule has 1 atom stereocenters. The molecule has 140 valence electrons. The Balaban J connectivity index is 1.87. The van der Waals surface area contributed by atoms with E-state index in [2.05, 4.69) is 40.7 Å². The standard InChI is InChI=1S/C19H25BrN4O2/c1-12(2)16-11-23(6-7-24(16)17(26)5-8-25)19-14(10-21)9-15(20)18(22-19)13-3-4-13/h9,12-13,16,25H,3-8,11H2,1-2H3/t16-/m0/s1. The third-order valence-electron chi connectivity index (χ3n) is 5.20. The Bertz CT molecular complexity index is 727. The molecule has 6 nitrogen and oxygen atoms in total. The fourth-order valence-corrected chi connectivity index (χ4v) is 4.22. The van der Waals surface area contributed by atoms with Gasteiger partial charge in [0, 0.05) is 36.4 Å². The predicted molar refractivity (Wildman–Crippen MR) is 103 cm³/mol. The zero-order valence-corrected chi connectivity index (χ0v) is 16.9. The summed E-state index contributed by atoms with van der Waals surface area (Å²) in [6, 6.07) is 4.19. The first kappa shape index (κ1) is 19.1. The van der Waals surface area contributed by atoms with Gasteiger partial charge in [0.05, 0.1) is 23.9 Å². The molecule has 1 aromatic heterocycles. The monoisotopic (exact) mass is 420 g/mol.